The van der Waals surface area contributed by atoms with Crippen molar-refractivity contribution in [3.63, 3.8) is 0 Å². The van der Waals surface area contributed by atoms with Crippen molar-refractivity contribution in [1.29, 1.82) is 0 Å². The van der Waals surface area contributed by atoms with Gasteiger partial charge in [-0.2, -0.15) is 0 Å². The topological polar surface area (TPSA) is 105 Å². The van der Waals surface area contributed by atoms with Crippen LogP contribution >= 0.6 is 0 Å². The van der Waals surface area contributed by atoms with Crippen molar-refractivity contribution in [2.45, 2.75) is 6.61 Å². The number of carboxylic acid groups (broad SMARTS) is 1. The molecule has 7 heteroatoms. The van der Waals surface area contributed by atoms with Crippen molar-refractivity contribution < 1.29 is 19.7 Å². The average molecular weight is 199 g/mol. The maximum Gasteiger partial charge on any atom is 0.410 e. The van der Waals surface area contributed by atoms with Crippen LogP contribution in [0.4, 0.5) is 10.6 Å². The zero-order chi connectivity index (χ0) is 10.6. The third-order valence-corrected chi connectivity index (χ3v) is 1.44. The molecule has 76 valence electrons. The lowest BCUT2D eigenvalue weighted by Crippen LogP contribution is -2.10. The normalized spacial score (nSPS) is 9.57. The number of aliphatic hydroxyl groups excluding tert-OH is 1. The minimum Gasteiger partial charge on any atom is -0.495 e. The fraction of sp³-hybridized carbons (Fsp3) is 0.286. The molecule has 0 aromatic carbocycles. The summed E-state index contributed by atoms with van der Waals surface area (Å²) in [5, 5.41) is 26.3. The third-order valence-electron chi connectivity index (χ3n) is 1.44. The molecule has 3 N–H and O–H groups in total. The molecule has 0 bridgehead atoms. The van der Waals surface area contributed by atoms with Crippen LogP contribution in [0.5, 0.6) is 5.75 Å². The first-order valence-electron chi connectivity index (χ1n) is 3.68. The van der Waals surface area contributed by atoms with E-state index in [9.17, 15) is 4.79 Å². The van der Waals surface area contributed by atoms with Crippen molar-refractivity contribution in [2.75, 3.05) is 12.4 Å². The molecule has 7 nitrogen and oxygen atoms in total. The summed E-state index contributed by atoms with van der Waals surface area (Å²) in [5.41, 5.74) is 0.253. The number of aromatic nitrogens is 2. The van der Waals surface area contributed by atoms with Crippen molar-refractivity contribution in [3.8, 4) is 5.75 Å². The maximum atomic E-state index is 10.3. The molecule has 0 saturated carbocycles. The zero-order valence-electron chi connectivity index (χ0n) is 7.39. The van der Waals surface area contributed by atoms with Gasteiger partial charge in [-0.1, -0.05) is 0 Å². The van der Waals surface area contributed by atoms with E-state index in [-0.39, 0.29) is 23.9 Å². The Morgan fingerprint density at radius 3 is 2.86 bits per heavy atom. The van der Waals surface area contributed by atoms with Crippen LogP contribution in [0.15, 0.2) is 6.07 Å². The minimum atomic E-state index is -1.24. The summed E-state index contributed by atoms with van der Waals surface area (Å²) in [4.78, 5) is 10.3. The van der Waals surface area contributed by atoms with Crippen molar-refractivity contribution >= 4 is 11.9 Å². The van der Waals surface area contributed by atoms with Gasteiger partial charge in [0.2, 0.25) is 0 Å². The van der Waals surface area contributed by atoms with Crippen LogP contribution in [0, 0.1) is 0 Å². The first-order chi connectivity index (χ1) is 6.67. The van der Waals surface area contributed by atoms with Gasteiger partial charge in [-0.05, 0) is 0 Å². The lowest BCUT2D eigenvalue weighted by atomic mass is 10.3. The average Bonchev–Trinajstić information content (AvgIpc) is 2.16. The summed E-state index contributed by atoms with van der Waals surface area (Å²) in [5.74, 6) is 0.331. The van der Waals surface area contributed by atoms with Gasteiger partial charge in [0.05, 0.1) is 13.7 Å². The molecule has 1 rings (SSSR count). The first-order valence-corrected chi connectivity index (χ1v) is 3.68. The Labute approximate surface area is 79.3 Å². The van der Waals surface area contributed by atoms with Gasteiger partial charge in [0.1, 0.15) is 11.4 Å². The number of aliphatic hydroxyl groups is 1. The Morgan fingerprint density at radius 2 is 2.36 bits per heavy atom. The molecule has 1 aromatic heterocycles. The van der Waals surface area contributed by atoms with E-state index >= 15 is 0 Å². The van der Waals surface area contributed by atoms with Crippen LogP contribution < -0.4 is 10.1 Å². The van der Waals surface area contributed by atoms with E-state index in [0.29, 0.717) is 0 Å². The molecule has 0 atom stereocenters. The number of hydrogen-bond donors (Lipinski definition) is 3. The lowest BCUT2D eigenvalue weighted by Gasteiger charge is -2.05. The van der Waals surface area contributed by atoms with E-state index in [2.05, 4.69) is 10.2 Å². The summed E-state index contributed by atoms with van der Waals surface area (Å²) in [6, 6.07) is 1.34. The van der Waals surface area contributed by atoms with Crippen LogP contribution in [0.3, 0.4) is 0 Å². The predicted octanol–water partition coefficient (Wildman–Crippen LogP) is 0.0674. The Bertz CT molecular complexity index is 342. The van der Waals surface area contributed by atoms with Crippen LogP contribution in [-0.2, 0) is 6.61 Å². The van der Waals surface area contributed by atoms with Crippen LogP contribution in [0.1, 0.15) is 5.69 Å². The highest BCUT2D eigenvalue weighted by atomic mass is 16.5. The van der Waals surface area contributed by atoms with E-state index in [4.69, 9.17) is 14.9 Å². The van der Waals surface area contributed by atoms with E-state index in [1.807, 2.05) is 5.32 Å². The summed E-state index contributed by atoms with van der Waals surface area (Å²) in [6.45, 7) is -0.316. The Kier molecular flexibility index (Phi) is 3.19. The van der Waals surface area contributed by atoms with Crippen LogP contribution in [0.25, 0.3) is 0 Å². The number of amides is 1. The van der Waals surface area contributed by atoms with Crippen molar-refractivity contribution in [2.24, 2.45) is 0 Å². The quantitative estimate of drug-likeness (QED) is 0.636. The van der Waals surface area contributed by atoms with Gasteiger partial charge < -0.3 is 14.9 Å². The third kappa shape index (κ3) is 2.30. The molecule has 1 amide bonds. The molecule has 14 heavy (non-hydrogen) atoms. The largest absolute Gasteiger partial charge is 0.495 e. The molecular weight excluding hydrogens is 190 g/mol. The molecule has 0 aliphatic carbocycles. The van der Waals surface area contributed by atoms with Gasteiger partial charge in [0, 0.05) is 6.07 Å². The Balaban J connectivity index is 2.95. The highest BCUT2D eigenvalue weighted by Gasteiger charge is 2.07. The second-order valence-corrected chi connectivity index (χ2v) is 2.33. The molecule has 0 saturated heterocycles. The summed E-state index contributed by atoms with van der Waals surface area (Å²) < 4.78 is 4.86. The number of hydrogen-bond acceptors (Lipinski definition) is 5. The van der Waals surface area contributed by atoms with E-state index in [0.717, 1.165) is 0 Å². The number of nitrogens with one attached hydrogen (secondary N) is 1. The molecule has 1 aromatic rings. The highest BCUT2D eigenvalue weighted by Crippen LogP contribution is 2.18. The van der Waals surface area contributed by atoms with Crippen LogP contribution in [0.2, 0.25) is 0 Å². The predicted molar refractivity (Wildman–Crippen MR) is 46.2 cm³/mol. The first kappa shape index (κ1) is 10.2. The van der Waals surface area contributed by atoms with Gasteiger partial charge in [-0.15, -0.1) is 10.2 Å². The molecule has 0 unspecified atom stereocenters. The molecule has 0 aliphatic heterocycles. The second kappa shape index (κ2) is 4.38. The van der Waals surface area contributed by atoms with Gasteiger partial charge in [0.15, 0.2) is 5.82 Å². The number of methoxy groups -OCH3 is 1. The van der Waals surface area contributed by atoms with Gasteiger partial charge in [0.25, 0.3) is 0 Å². The van der Waals surface area contributed by atoms with Crippen molar-refractivity contribution in [3.05, 3.63) is 11.8 Å². The minimum absolute atomic E-state index is 0.0477. The number of carbonyl (C=O) groups is 1. The van der Waals surface area contributed by atoms with E-state index in [1.54, 1.807) is 0 Å². The second-order valence-electron chi connectivity index (χ2n) is 2.33. The number of nitrogens with zero attached hydrogens (tertiary/aromatic N) is 2. The van der Waals surface area contributed by atoms with E-state index in [1.165, 1.54) is 13.2 Å². The summed E-state index contributed by atoms with van der Waals surface area (Å²) >= 11 is 0. The zero-order valence-corrected chi connectivity index (χ0v) is 7.39. The van der Waals surface area contributed by atoms with Crippen molar-refractivity contribution in [1.82, 2.24) is 10.2 Å². The smallest absolute Gasteiger partial charge is 0.410 e. The SMILES string of the molecule is COc1cc(NC(=O)O)nnc1CO. The van der Waals surface area contributed by atoms with Gasteiger partial charge in [-0.3, -0.25) is 5.32 Å². The molecule has 0 aliphatic rings. The monoisotopic (exact) mass is 199 g/mol. The summed E-state index contributed by atoms with van der Waals surface area (Å²) in [6.07, 6.45) is -1.24. The van der Waals surface area contributed by atoms with Crippen LogP contribution in [-0.4, -0.2) is 33.6 Å². The fourth-order valence-corrected chi connectivity index (χ4v) is 0.857. The van der Waals surface area contributed by atoms with Gasteiger partial charge in [-0.25, -0.2) is 4.79 Å². The molecule has 0 radical (unpaired) electrons. The highest BCUT2D eigenvalue weighted by molar-refractivity contribution is 5.81. The molecule has 0 spiro atoms. The number of ether oxygens (including phenoxy) is 1. The lowest BCUT2D eigenvalue weighted by molar-refractivity contribution is 0.209. The van der Waals surface area contributed by atoms with Gasteiger partial charge >= 0.3 is 6.09 Å². The fourth-order valence-electron chi connectivity index (χ4n) is 0.857. The summed E-state index contributed by atoms with van der Waals surface area (Å²) in [7, 11) is 1.39. The number of anilines is 1. The standard InChI is InChI=1S/C7H9N3O4/c1-14-5-2-6(8-7(12)13)10-9-4(5)3-11/h2,11H,3H2,1H3,(H,8,10)(H,12,13). The Morgan fingerprint density at radius 1 is 1.64 bits per heavy atom. The molecular formula is C7H9N3O4. The maximum absolute atomic E-state index is 10.3. The molecule has 0 fully saturated rings. The van der Waals surface area contributed by atoms with E-state index < -0.39 is 6.09 Å². The molecule has 1 heterocycles. The number of rotatable bonds is 3. The Hall–Kier alpha value is -1.89.